The maximum absolute atomic E-state index is 12.6. The van der Waals surface area contributed by atoms with E-state index in [0.29, 0.717) is 17.3 Å². The first-order valence-corrected chi connectivity index (χ1v) is 10.1. The quantitative estimate of drug-likeness (QED) is 0.820. The van der Waals surface area contributed by atoms with Crippen LogP contribution in [0.5, 0.6) is 0 Å². The van der Waals surface area contributed by atoms with E-state index in [4.69, 9.17) is 0 Å². The molecule has 0 saturated carbocycles. The number of carbonyl (C=O) groups excluding carboxylic acids is 3. The zero-order valence-electron chi connectivity index (χ0n) is 15.1. The van der Waals surface area contributed by atoms with Crippen LogP contribution in [-0.2, 0) is 4.79 Å². The van der Waals surface area contributed by atoms with Gasteiger partial charge in [-0.3, -0.25) is 4.79 Å². The maximum Gasteiger partial charge on any atom is 0.331 e. The molecule has 0 aromatic heterocycles. The summed E-state index contributed by atoms with van der Waals surface area (Å²) in [5.41, 5.74) is 1.05. The van der Waals surface area contributed by atoms with E-state index in [2.05, 4.69) is 11.6 Å². The van der Waals surface area contributed by atoms with Crippen molar-refractivity contribution in [3.05, 3.63) is 24.3 Å². The first kappa shape index (κ1) is 18.6. The predicted molar refractivity (Wildman–Crippen MR) is 104 cm³/mol. The van der Waals surface area contributed by atoms with Crippen LogP contribution in [0.3, 0.4) is 0 Å². The standard InChI is InChI=1S/C18H24N4O3S/c1-20-11-16(23)22(18(20)25)15-7-3-6-14(9-15)19-17(24)21-8-4-5-13(10-21)12-26-2/h3,6-7,9,13H,4-5,8,10-12H2,1-2H3,(H,19,24)/t13-/m1/s1. The van der Waals surface area contributed by atoms with Crippen molar-refractivity contribution < 1.29 is 14.4 Å². The van der Waals surface area contributed by atoms with Crippen LogP contribution in [-0.4, -0.2) is 66.5 Å². The van der Waals surface area contributed by atoms with Crippen molar-refractivity contribution in [3.8, 4) is 0 Å². The molecule has 26 heavy (non-hydrogen) atoms. The van der Waals surface area contributed by atoms with Gasteiger partial charge in [0.05, 0.1) is 5.69 Å². The summed E-state index contributed by atoms with van der Waals surface area (Å²) in [6, 6.07) is 6.37. The summed E-state index contributed by atoms with van der Waals surface area (Å²) in [6.45, 7) is 1.59. The van der Waals surface area contributed by atoms with Crippen LogP contribution in [0.25, 0.3) is 0 Å². The second-order valence-corrected chi connectivity index (χ2v) is 7.67. The normalized spacial score (nSPS) is 20.7. The van der Waals surface area contributed by atoms with Crippen LogP contribution in [0.15, 0.2) is 24.3 Å². The minimum Gasteiger partial charge on any atom is -0.324 e. The molecule has 140 valence electrons. The molecular formula is C18H24N4O3S. The molecule has 2 aliphatic heterocycles. The number of likely N-dealkylation sites (N-methyl/N-ethyl adjacent to an activating group) is 1. The Morgan fingerprint density at radius 3 is 2.85 bits per heavy atom. The first-order valence-electron chi connectivity index (χ1n) is 8.72. The van der Waals surface area contributed by atoms with Crippen LogP contribution in [0.2, 0.25) is 0 Å². The minimum atomic E-state index is -0.352. The molecule has 2 fully saturated rings. The number of urea groups is 2. The number of likely N-dealkylation sites (tertiary alicyclic amines) is 1. The summed E-state index contributed by atoms with van der Waals surface area (Å²) >= 11 is 1.81. The Hall–Kier alpha value is -2.22. The summed E-state index contributed by atoms with van der Waals surface area (Å²) in [7, 11) is 1.59. The number of benzene rings is 1. The second kappa shape index (κ2) is 7.99. The fourth-order valence-corrected chi connectivity index (χ4v) is 4.16. The Balaban J connectivity index is 1.68. The van der Waals surface area contributed by atoms with E-state index in [9.17, 15) is 14.4 Å². The van der Waals surface area contributed by atoms with E-state index in [-0.39, 0.29) is 24.5 Å². The minimum absolute atomic E-state index is 0.0695. The number of nitrogens with zero attached hydrogens (tertiary/aromatic N) is 3. The van der Waals surface area contributed by atoms with Crippen LogP contribution in [0, 0.1) is 5.92 Å². The second-order valence-electron chi connectivity index (χ2n) is 6.76. The van der Waals surface area contributed by atoms with E-state index < -0.39 is 0 Å². The molecule has 1 atom stereocenters. The van der Waals surface area contributed by atoms with Gasteiger partial charge in [0.2, 0.25) is 0 Å². The lowest BCUT2D eigenvalue weighted by molar-refractivity contribution is -0.116. The SMILES string of the molecule is CSC[C@@H]1CCCN(C(=O)Nc2cccc(N3C(=O)CN(C)C3=O)c2)C1. The zero-order chi connectivity index (χ0) is 18.7. The number of carbonyl (C=O) groups is 3. The Kier molecular flexibility index (Phi) is 5.70. The fourth-order valence-electron chi connectivity index (χ4n) is 3.42. The van der Waals surface area contributed by atoms with E-state index in [0.717, 1.165) is 36.6 Å². The Bertz CT molecular complexity index is 709. The molecule has 8 heteroatoms. The van der Waals surface area contributed by atoms with Crippen LogP contribution >= 0.6 is 11.8 Å². The van der Waals surface area contributed by atoms with Gasteiger partial charge < -0.3 is 15.1 Å². The van der Waals surface area contributed by atoms with E-state index in [1.165, 1.54) is 4.90 Å². The molecule has 2 saturated heterocycles. The number of rotatable bonds is 4. The number of anilines is 2. The van der Waals surface area contributed by atoms with Crippen LogP contribution in [0.1, 0.15) is 12.8 Å². The van der Waals surface area contributed by atoms with Crippen LogP contribution in [0.4, 0.5) is 21.0 Å². The van der Waals surface area contributed by atoms with Crippen molar-refractivity contribution in [1.29, 1.82) is 0 Å². The third-order valence-electron chi connectivity index (χ3n) is 4.70. The van der Waals surface area contributed by atoms with Crippen molar-refractivity contribution >= 4 is 41.1 Å². The van der Waals surface area contributed by atoms with Gasteiger partial charge in [-0.05, 0) is 49.0 Å². The molecule has 0 radical (unpaired) electrons. The molecule has 1 aromatic rings. The average molecular weight is 376 g/mol. The summed E-state index contributed by atoms with van der Waals surface area (Å²) in [5, 5.41) is 2.90. The smallest absolute Gasteiger partial charge is 0.324 e. The maximum atomic E-state index is 12.6. The van der Waals surface area contributed by atoms with Gasteiger partial charge in [0, 0.05) is 25.8 Å². The lowest BCUT2D eigenvalue weighted by Crippen LogP contribution is -2.42. The van der Waals surface area contributed by atoms with Crippen molar-refractivity contribution in [3.63, 3.8) is 0 Å². The van der Waals surface area contributed by atoms with E-state index >= 15 is 0 Å². The topological polar surface area (TPSA) is 73.0 Å². The van der Waals surface area contributed by atoms with Crippen molar-refractivity contribution in [1.82, 2.24) is 9.80 Å². The molecule has 3 rings (SSSR count). The first-order chi connectivity index (χ1) is 12.5. The Morgan fingerprint density at radius 1 is 1.35 bits per heavy atom. The van der Waals surface area contributed by atoms with Gasteiger partial charge in [0.15, 0.2) is 0 Å². The van der Waals surface area contributed by atoms with Crippen molar-refractivity contribution in [2.45, 2.75) is 12.8 Å². The molecule has 1 N–H and O–H groups in total. The van der Waals surface area contributed by atoms with Crippen molar-refractivity contribution in [2.75, 3.05) is 48.9 Å². The van der Waals surface area contributed by atoms with Gasteiger partial charge >= 0.3 is 12.1 Å². The molecule has 0 aliphatic carbocycles. The lowest BCUT2D eigenvalue weighted by atomic mass is 10.0. The van der Waals surface area contributed by atoms with Gasteiger partial charge in [-0.1, -0.05) is 6.07 Å². The largest absolute Gasteiger partial charge is 0.331 e. The number of hydrogen-bond donors (Lipinski definition) is 1. The summed E-state index contributed by atoms with van der Waals surface area (Å²) in [4.78, 5) is 41.1. The molecule has 0 spiro atoms. The predicted octanol–water partition coefficient (Wildman–Crippen LogP) is 2.69. The Labute approximate surface area is 157 Å². The highest BCUT2D eigenvalue weighted by atomic mass is 32.2. The van der Waals surface area contributed by atoms with Crippen LogP contribution < -0.4 is 10.2 Å². The number of thioether (sulfide) groups is 1. The van der Waals surface area contributed by atoms with Gasteiger partial charge in [-0.15, -0.1) is 0 Å². The number of amides is 5. The summed E-state index contributed by atoms with van der Waals surface area (Å²) in [5.74, 6) is 1.33. The van der Waals surface area contributed by atoms with E-state index in [1.807, 2.05) is 16.7 Å². The third kappa shape index (κ3) is 3.95. The number of hydrogen-bond acceptors (Lipinski definition) is 4. The molecular weight excluding hydrogens is 352 g/mol. The fraction of sp³-hybridized carbons (Fsp3) is 0.500. The van der Waals surface area contributed by atoms with Gasteiger partial charge in [-0.25, -0.2) is 14.5 Å². The average Bonchev–Trinajstić information content (AvgIpc) is 2.88. The zero-order valence-corrected chi connectivity index (χ0v) is 15.9. The third-order valence-corrected chi connectivity index (χ3v) is 5.51. The number of imide groups is 1. The highest BCUT2D eigenvalue weighted by Crippen LogP contribution is 2.25. The number of nitrogens with one attached hydrogen (secondary N) is 1. The summed E-state index contributed by atoms with van der Waals surface area (Å²) < 4.78 is 0. The lowest BCUT2D eigenvalue weighted by Gasteiger charge is -2.32. The molecule has 0 bridgehead atoms. The van der Waals surface area contributed by atoms with Gasteiger partial charge in [0.1, 0.15) is 6.54 Å². The highest BCUT2D eigenvalue weighted by molar-refractivity contribution is 7.98. The molecule has 7 nitrogen and oxygen atoms in total. The Morgan fingerprint density at radius 2 is 2.15 bits per heavy atom. The number of piperidine rings is 1. The monoisotopic (exact) mass is 376 g/mol. The molecule has 1 aromatic carbocycles. The summed E-state index contributed by atoms with van der Waals surface area (Å²) in [6.07, 6.45) is 4.26. The van der Waals surface area contributed by atoms with E-state index in [1.54, 1.807) is 31.3 Å². The van der Waals surface area contributed by atoms with Gasteiger partial charge in [-0.2, -0.15) is 11.8 Å². The molecule has 0 unspecified atom stereocenters. The van der Waals surface area contributed by atoms with Crippen molar-refractivity contribution in [2.24, 2.45) is 5.92 Å². The van der Waals surface area contributed by atoms with Gasteiger partial charge in [0.25, 0.3) is 5.91 Å². The molecule has 2 heterocycles. The highest BCUT2D eigenvalue weighted by Gasteiger charge is 2.34. The molecule has 2 aliphatic rings. The molecule has 5 amide bonds.